The van der Waals surface area contributed by atoms with Gasteiger partial charge < -0.3 is 10.2 Å². The first-order valence-corrected chi connectivity index (χ1v) is 8.36. The average Bonchev–Trinajstić information content (AvgIpc) is 1.77. The predicted molar refractivity (Wildman–Crippen MR) is 59.9 cm³/mol. The molecule has 3 heteroatoms. The monoisotopic (exact) mass is 202 g/mol. The van der Waals surface area contributed by atoms with Gasteiger partial charge in [0.2, 0.25) is 0 Å². The van der Waals surface area contributed by atoms with Crippen molar-refractivity contribution in [3.05, 3.63) is 11.5 Å². The Morgan fingerprint density at radius 1 is 1.08 bits per heavy atom. The van der Waals surface area contributed by atoms with Crippen molar-refractivity contribution in [3.63, 3.8) is 0 Å². The molecule has 0 rings (SSSR count). The van der Waals surface area contributed by atoms with Gasteiger partial charge in [-0.2, -0.15) is 0 Å². The van der Waals surface area contributed by atoms with E-state index >= 15 is 0 Å². The van der Waals surface area contributed by atoms with Gasteiger partial charge >= 0.3 is 0 Å². The standard InChI is InChI=1S/C10H22O2Si/c1-10(2,3)8(9(11)12)7-13(4,5)6/h11-12H,7H2,1-6H3. The van der Waals surface area contributed by atoms with Crippen molar-refractivity contribution in [1.82, 2.24) is 0 Å². The van der Waals surface area contributed by atoms with E-state index in [0.717, 1.165) is 11.6 Å². The van der Waals surface area contributed by atoms with Crippen LogP contribution >= 0.6 is 0 Å². The number of hydrogen-bond acceptors (Lipinski definition) is 2. The fourth-order valence-corrected chi connectivity index (χ4v) is 2.96. The largest absolute Gasteiger partial charge is 0.481 e. The number of hydrogen-bond donors (Lipinski definition) is 2. The summed E-state index contributed by atoms with van der Waals surface area (Å²) in [5.74, 6) is -0.477. The van der Waals surface area contributed by atoms with Crippen LogP contribution in [0, 0.1) is 5.41 Å². The highest BCUT2D eigenvalue weighted by Gasteiger charge is 2.27. The molecule has 0 aromatic rings. The van der Waals surface area contributed by atoms with Crippen LogP contribution in [0.25, 0.3) is 0 Å². The van der Waals surface area contributed by atoms with Gasteiger partial charge in [-0.3, -0.25) is 0 Å². The van der Waals surface area contributed by atoms with Crippen LogP contribution < -0.4 is 0 Å². The van der Waals surface area contributed by atoms with Gasteiger partial charge in [-0.1, -0.05) is 40.4 Å². The molecule has 13 heavy (non-hydrogen) atoms. The van der Waals surface area contributed by atoms with Gasteiger partial charge in [-0.05, 0) is 11.5 Å². The van der Waals surface area contributed by atoms with E-state index in [-0.39, 0.29) is 5.41 Å². The fourth-order valence-electron chi connectivity index (χ4n) is 1.21. The average molecular weight is 202 g/mol. The molecule has 0 amide bonds. The fraction of sp³-hybridized carbons (Fsp3) is 0.800. The summed E-state index contributed by atoms with van der Waals surface area (Å²) in [5.41, 5.74) is 0.644. The van der Waals surface area contributed by atoms with Gasteiger partial charge in [0, 0.05) is 13.6 Å². The Morgan fingerprint density at radius 2 is 1.46 bits per heavy atom. The molecule has 0 heterocycles. The van der Waals surface area contributed by atoms with Gasteiger partial charge in [0.25, 0.3) is 5.95 Å². The molecule has 0 bridgehead atoms. The molecule has 0 aliphatic rings. The SMILES string of the molecule is CC(C)(C)C(C[Si](C)(C)C)=C(O)O. The maximum atomic E-state index is 9.17. The van der Waals surface area contributed by atoms with Crippen LogP contribution in [0.3, 0.4) is 0 Å². The van der Waals surface area contributed by atoms with E-state index in [4.69, 9.17) is 10.2 Å². The van der Waals surface area contributed by atoms with E-state index in [1.165, 1.54) is 0 Å². The van der Waals surface area contributed by atoms with Gasteiger partial charge in [-0.25, -0.2) is 0 Å². The van der Waals surface area contributed by atoms with E-state index < -0.39 is 14.0 Å². The van der Waals surface area contributed by atoms with Crippen LogP contribution in [0.5, 0.6) is 0 Å². The molecule has 0 saturated heterocycles. The highest BCUT2D eigenvalue weighted by molar-refractivity contribution is 6.76. The number of rotatable bonds is 2. The van der Waals surface area contributed by atoms with Crippen molar-refractivity contribution >= 4 is 8.07 Å². The maximum absolute atomic E-state index is 9.17. The topological polar surface area (TPSA) is 40.5 Å². The van der Waals surface area contributed by atoms with Crippen molar-refractivity contribution in [3.8, 4) is 0 Å². The van der Waals surface area contributed by atoms with Crippen LogP contribution in [0.2, 0.25) is 25.7 Å². The third-order valence-corrected chi connectivity index (χ3v) is 3.30. The van der Waals surface area contributed by atoms with Crippen molar-refractivity contribution in [1.29, 1.82) is 0 Å². The molecule has 0 aromatic heterocycles. The molecule has 0 aliphatic carbocycles. The molecule has 0 aliphatic heterocycles. The molecule has 0 radical (unpaired) electrons. The zero-order valence-corrected chi connectivity index (χ0v) is 10.6. The van der Waals surface area contributed by atoms with Gasteiger partial charge in [0.15, 0.2) is 0 Å². The zero-order valence-electron chi connectivity index (χ0n) is 9.60. The van der Waals surface area contributed by atoms with E-state index in [0.29, 0.717) is 0 Å². The Bertz CT molecular complexity index is 202. The lowest BCUT2D eigenvalue weighted by atomic mass is 9.88. The van der Waals surface area contributed by atoms with Crippen molar-refractivity contribution in [2.45, 2.75) is 46.5 Å². The minimum absolute atomic E-state index is 0.140. The molecule has 0 unspecified atom stereocenters. The summed E-state index contributed by atoms with van der Waals surface area (Å²) in [7, 11) is -1.27. The molecule has 0 aromatic carbocycles. The quantitative estimate of drug-likeness (QED) is 0.529. The third-order valence-electron chi connectivity index (χ3n) is 1.88. The molecule has 2 N–H and O–H groups in total. The highest BCUT2D eigenvalue weighted by atomic mass is 28.3. The molecule has 78 valence electrons. The smallest absolute Gasteiger partial charge is 0.273 e. The van der Waals surface area contributed by atoms with Crippen LogP contribution in [-0.2, 0) is 0 Å². The summed E-state index contributed by atoms with van der Waals surface area (Å²) < 4.78 is 0. The van der Waals surface area contributed by atoms with Gasteiger partial charge in [0.05, 0.1) is 0 Å². The second kappa shape index (κ2) is 3.74. The van der Waals surface area contributed by atoms with E-state index in [1.54, 1.807) is 0 Å². The number of allylic oxidation sites excluding steroid dienone is 1. The lowest BCUT2D eigenvalue weighted by molar-refractivity contribution is 0.174. The maximum Gasteiger partial charge on any atom is 0.273 e. The third kappa shape index (κ3) is 4.98. The molecule has 0 fully saturated rings. The molecular formula is C10H22O2Si. The second-order valence-electron chi connectivity index (χ2n) is 5.79. The molecule has 0 atom stereocenters. The highest BCUT2D eigenvalue weighted by Crippen LogP contribution is 2.33. The first-order chi connectivity index (χ1) is 5.54. The Hall–Kier alpha value is -0.443. The summed E-state index contributed by atoms with van der Waals surface area (Å²) in [6.07, 6.45) is 0. The van der Waals surface area contributed by atoms with Crippen LogP contribution in [0.1, 0.15) is 20.8 Å². The normalized spacial score (nSPS) is 12.8. The minimum Gasteiger partial charge on any atom is -0.481 e. The van der Waals surface area contributed by atoms with E-state index in [1.807, 2.05) is 20.8 Å². The predicted octanol–water partition coefficient (Wildman–Crippen LogP) is 3.70. The molecular weight excluding hydrogens is 180 g/mol. The first-order valence-electron chi connectivity index (χ1n) is 4.65. The molecule has 0 spiro atoms. The number of aliphatic hydroxyl groups excluding tert-OH is 1. The first kappa shape index (κ1) is 12.6. The zero-order chi connectivity index (χ0) is 10.9. The van der Waals surface area contributed by atoms with Crippen LogP contribution in [0.15, 0.2) is 11.5 Å². The minimum atomic E-state index is -1.27. The summed E-state index contributed by atoms with van der Waals surface area (Å²) in [6.45, 7) is 12.7. The van der Waals surface area contributed by atoms with Crippen molar-refractivity contribution in [2.24, 2.45) is 5.41 Å². The second-order valence-corrected chi connectivity index (χ2v) is 11.3. The summed E-state index contributed by atoms with van der Waals surface area (Å²) in [6, 6.07) is 0.846. The Kier molecular flexibility index (Phi) is 3.61. The number of aliphatic hydroxyl groups is 2. The summed E-state index contributed by atoms with van der Waals surface area (Å²) in [5, 5.41) is 18.3. The van der Waals surface area contributed by atoms with Crippen LogP contribution in [0.4, 0.5) is 0 Å². The lowest BCUT2D eigenvalue weighted by Gasteiger charge is -2.27. The Morgan fingerprint density at radius 3 is 1.54 bits per heavy atom. The summed E-state index contributed by atoms with van der Waals surface area (Å²) in [4.78, 5) is 0. The van der Waals surface area contributed by atoms with Crippen molar-refractivity contribution in [2.75, 3.05) is 0 Å². The van der Waals surface area contributed by atoms with Gasteiger partial charge in [0.1, 0.15) is 0 Å². The van der Waals surface area contributed by atoms with Crippen LogP contribution in [-0.4, -0.2) is 18.3 Å². The molecule has 0 saturated carbocycles. The van der Waals surface area contributed by atoms with E-state index in [9.17, 15) is 0 Å². The Balaban J connectivity index is 4.80. The Labute approximate surface area is 82.3 Å². The summed E-state index contributed by atoms with van der Waals surface area (Å²) >= 11 is 0. The van der Waals surface area contributed by atoms with Gasteiger partial charge in [-0.15, -0.1) is 0 Å². The lowest BCUT2D eigenvalue weighted by Crippen LogP contribution is -2.25. The molecule has 2 nitrogen and oxygen atoms in total. The van der Waals surface area contributed by atoms with Crippen molar-refractivity contribution < 1.29 is 10.2 Å². The van der Waals surface area contributed by atoms with E-state index in [2.05, 4.69) is 19.6 Å².